The molecular weight excluding hydrogens is 216 g/mol. The van der Waals surface area contributed by atoms with Gasteiger partial charge in [-0.15, -0.1) is 0 Å². The summed E-state index contributed by atoms with van der Waals surface area (Å²) in [5.74, 6) is 0. The fourth-order valence-electron chi connectivity index (χ4n) is 1.58. The minimum absolute atomic E-state index is 0.126. The van der Waals surface area contributed by atoms with Crippen LogP contribution in [-0.2, 0) is 10.0 Å². The number of nitrogens with two attached hydrogens (primary N) is 1. The highest BCUT2D eigenvalue weighted by atomic mass is 32.2. The van der Waals surface area contributed by atoms with Gasteiger partial charge >= 0.3 is 0 Å². The molecule has 1 fully saturated rings. The van der Waals surface area contributed by atoms with Crippen LogP contribution in [0.1, 0.15) is 13.3 Å². The van der Waals surface area contributed by atoms with Gasteiger partial charge in [0.1, 0.15) is 0 Å². The van der Waals surface area contributed by atoms with Crippen LogP contribution in [-0.4, -0.2) is 41.5 Å². The van der Waals surface area contributed by atoms with Crippen LogP contribution in [0, 0.1) is 0 Å². The van der Waals surface area contributed by atoms with Gasteiger partial charge in [-0.05, 0) is 12.5 Å². The van der Waals surface area contributed by atoms with Crippen LogP contribution in [0.15, 0.2) is 17.3 Å². The molecule has 0 amide bonds. The van der Waals surface area contributed by atoms with Crippen molar-refractivity contribution in [3.8, 4) is 0 Å². The lowest BCUT2D eigenvalue weighted by Gasteiger charge is -2.45. The van der Waals surface area contributed by atoms with Crippen molar-refractivity contribution in [3.05, 3.63) is 12.3 Å². The van der Waals surface area contributed by atoms with Crippen molar-refractivity contribution in [2.24, 2.45) is 5.73 Å². The molecule has 0 atom stereocenters. The molecule has 0 spiro atoms. The molecule has 0 aromatic carbocycles. The van der Waals surface area contributed by atoms with E-state index < -0.39 is 10.0 Å². The number of sulfonamides is 1. The van der Waals surface area contributed by atoms with Gasteiger partial charge in [0, 0.05) is 18.6 Å². The van der Waals surface area contributed by atoms with E-state index in [2.05, 4.69) is 10.2 Å². The average Bonchev–Trinajstić information content (AvgIpc) is 2.65. The quantitative estimate of drug-likeness (QED) is 0.733. The minimum atomic E-state index is -3.40. The molecule has 0 bridgehead atoms. The molecule has 0 unspecified atom stereocenters. The lowest BCUT2D eigenvalue weighted by atomic mass is 9.91. The highest BCUT2D eigenvalue weighted by Crippen LogP contribution is 2.27. The highest BCUT2D eigenvalue weighted by Gasteiger charge is 2.44. The SMILES string of the molecule is CCC1(N)CN(S(=O)(=O)c2ccn[nH]2)C1. The van der Waals surface area contributed by atoms with E-state index in [1.165, 1.54) is 16.6 Å². The zero-order chi connectivity index (χ0) is 11.1. The predicted molar refractivity (Wildman–Crippen MR) is 54.6 cm³/mol. The van der Waals surface area contributed by atoms with Gasteiger partial charge < -0.3 is 5.73 Å². The smallest absolute Gasteiger partial charge is 0.260 e. The van der Waals surface area contributed by atoms with E-state index in [-0.39, 0.29) is 10.6 Å². The van der Waals surface area contributed by atoms with Crippen molar-refractivity contribution in [1.82, 2.24) is 14.5 Å². The van der Waals surface area contributed by atoms with Crippen molar-refractivity contribution in [2.45, 2.75) is 23.9 Å². The van der Waals surface area contributed by atoms with Crippen LogP contribution < -0.4 is 5.73 Å². The van der Waals surface area contributed by atoms with Gasteiger partial charge in [-0.25, -0.2) is 8.42 Å². The first-order valence-corrected chi connectivity index (χ1v) is 6.20. The maximum Gasteiger partial charge on any atom is 0.260 e. The number of nitrogens with zero attached hydrogens (tertiary/aromatic N) is 2. The molecule has 84 valence electrons. The molecule has 7 heteroatoms. The molecule has 1 saturated heterocycles. The van der Waals surface area contributed by atoms with Crippen molar-refractivity contribution in [2.75, 3.05) is 13.1 Å². The third-order valence-corrected chi connectivity index (χ3v) is 4.50. The normalized spacial score (nSPS) is 21.2. The summed E-state index contributed by atoms with van der Waals surface area (Å²) in [6, 6.07) is 1.44. The Balaban J connectivity index is 2.15. The zero-order valence-corrected chi connectivity index (χ0v) is 9.29. The molecular formula is C8H14N4O2S. The third kappa shape index (κ3) is 1.66. The average molecular weight is 230 g/mol. The van der Waals surface area contributed by atoms with Gasteiger partial charge in [0.25, 0.3) is 10.0 Å². The Morgan fingerprint density at radius 2 is 2.33 bits per heavy atom. The molecule has 2 heterocycles. The van der Waals surface area contributed by atoms with Crippen LogP contribution in [0.25, 0.3) is 0 Å². The number of rotatable bonds is 3. The first-order valence-electron chi connectivity index (χ1n) is 4.76. The number of aromatic nitrogens is 2. The van der Waals surface area contributed by atoms with E-state index >= 15 is 0 Å². The van der Waals surface area contributed by atoms with Gasteiger partial charge in [0.15, 0.2) is 5.03 Å². The second kappa shape index (κ2) is 3.29. The molecule has 1 aromatic heterocycles. The van der Waals surface area contributed by atoms with Crippen LogP contribution in [0.5, 0.6) is 0 Å². The lowest BCUT2D eigenvalue weighted by Crippen LogP contribution is -2.68. The molecule has 6 nitrogen and oxygen atoms in total. The summed E-state index contributed by atoms with van der Waals surface area (Å²) in [6.45, 7) is 2.72. The maximum absolute atomic E-state index is 11.9. The Morgan fingerprint density at radius 3 is 2.80 bits per heavy atom. The van der Waals surface area contributed by atoms with Gasteiger partial charge in [0.05, 0.1) is 6.20 Å². The lowest BCUT2D eigenvalue weighted by molar-refractivity contribution is 0.153. The number of aromatic amines is 1. The summed E-state index contributed by atoms with van der Waals surface area (Å²) in [5, 5.41) is 6.20. The topological polar surface area (TPSA) is 92.1 Å². The van der Waals surface area contributed by atoms with Gasteiger partial charge in [-0.2, -0.15) is 9.40 Å². The molecule has 0 radical (unpaired) electrons. The molecule has 1 aromatic rings. The Hall–Kier alpha value is -0.920. The van der Waals surface area contributed by atoms with E-state index in [4.69, 9.17) is 5.73 Å². The van der Waals surface area contributed by atoms with E-state index in [9.17, 15) is 8.42 Å². The van der Waals surface area contributed by atoms with Crippen LogP contribution >= 0.6 is 0 Å². The Labute approximate surface area is 88.5 Å². The summed E-state index contributed by atoms with van der Waals surface area (Å²) in [4.78, 5) is 0. The fourth-order valence-corrected chi connectivity index (χ4v) is 3.11. The number of hydrogen-bond donors (Lipinski definition) is 2. The van der Waals surface area contributed by atoms with Crippen LogP contribution in [0.3, 0.4) is 0 Å². The number of hydrogen-bond acceptors (Lipinski definition) is 4. The van der Waals surface area contributed by atoms with Crippen LogP contribution in [0.4, 0.5) is 0 Å². The summed E-state index contributed by atoms with van der Waals surface area (Å²) in [6.07, 6.45) is 2.20. The van der Waals surface area contributed by atoms with E-state index in [1.807, 2.05) is 6.92 Å². The Bertz CT molecular complexity index is 433. The molecule has 15 heavy (non-hydrogen) atoms. The monoisotopic (exact) mass is 230 g/mol. The summed E-state index contributed by atoms with van der Waals surface area (Å²) in [7, 11) is -3.40. The van der Waals surface area contributed by atoms with Gasteiger partial charge in [0.2, 0.25) is 0 Å². The standard InChI is InChI=1S/C8H14N4O2S/c1-2-8(9)5-12(6-8)15(13,14)7-3-4-10-11-7/h3-4H,2,5-6,9H2,1H3,(H,10,11). The van der Waals surface area contributed by atoms with E-state index in [0.29, 0.717) is 13.1 Å². The minimum Gasteiger partial charge on any atom is -0.323 e. The highest BCUT2D eigenvalue weighted by molar-refractivity contribution is 7.89. The molecule has 2 rings (SSSR count). The van der Waals surface area contributed by atoms with Crippen molar-refractivity contribution < 1.29 is 8.42 Å². The first kappa shape index (κ1) is 10.6. The molecule has 1 aliphatic rings. The Morgan fingerprint density at radius 1 is 1.67 bits per heavy atom. The van der Waals surface area contributed by atoms with Crippen molar-refractivity contribution >= 4 is 10.0 Å². The maximum atomic E-state index is 11.9. The number of H-pyrrole nitrogens is 1. The van der Waals surface area contributed by atoms with E-state index in [0.717, 1.165) is 6.42 Å². The first-order chi connectivity index (χ1) is 6.98. The van der Waals surface area contributed by atoms with Crippen LogP contribution in [0.2, 0.25) is 0 Å². The zero-order valence-electron chi connectivity index (χ0n) is 8.47. The molecule has 3 N–H and O–H groups in total. The molecule has 0 saturated carbocycles. The van der Waals surface area contributed by atoms with Crippen molar-refractivity contribution in [1.29, 1.82) is 0 Å². The second-order valence-electron chi connectivity index (χ2n) is 3.91. The molecule has 1 aliphatic heterocycles. The largest absolute Gasteiger partial charge is 0.323 e. The van der Waals surface area contributed by atoms with Gasteiger partial charge in [-0.3, -0.25) is 5.10 Å². The number of nitrogens with one attached hydrogen (secondary N) is 1. The second-order valence-corrected chi connectivity index (χ2v) is 5.82. The fraction of sp³-hybridized carbons (Fsp3) is 0.625. The van der Waals surface area contributed by atoms with Gasteiger partial charge in [-0.1, -0.05) is 6.92 Å². The third-order valence-electron chi connectivity index (χ3n) is 2.78. The Kier molecular flexibility index (Phi) is 2.32. The van der Waals surface area contributed by atoms with Crippen molar-refractivity contribution in [3.63, 3.8) is 0 Å². The van der Waals surface area contributed by atoms with E-state index in [1.54, 1.807) is 0 Å². The summed E-state index contributed by atoms with van der Waals surface area (Å²) < 4.78 is 25.1. The summed E-state index contributed by atoms with van der Waals surface area (Å²) in [5.41, 5.74) is 5.56. The summed E-state index contributed by atoms with van der Waals surface area (Å²) >= 11 is 0. The predicted octanol–water partition coefficient (Wildman–Crippen LogP) is -0.478. The molecule has 0 aliphatic carbocycles.